The van der Waals surface area contributed by atoms with E-state index in [1.807, 2.05) is 44.3 Å². The molecule has 0 saturated heterocycles. The Morgan fingerprint density at radius 2 is 1.14 bits per heavy atom. The Kier molecular flexibility index (Phi) is 26.5. The largest absolute Gasteiger partial charge is 0.524 e. The topological polar surface area (TPSA) is 344 Å². The monoisotopic (exact) mass is 1480 g/mol. The van der Waals surface area contributed by atoms with Gasteiger partial charge in [-0.05, 0) is 79.0 Å². The van der Waals surface area contributed by atoms with Crippen LogP contribution in [0.15, 0.2) is 60.9 Å². The van der Waals surface area contributed by atoms with E-state index in [1.165, 1.54) is 28.0 Å². The SMILES string of the molecule is Cc1c[nH]c2c(OC(=O)N(C)CCN(C)C(=O)OCc3ccc(NCCNCC(NC(=O)CCOCCOCCOCCOCCOCCOCCN4C(=O)C=CC4=O)C(C)C)cc3)cc3c(c12)C(CCl)CN3C(=O)C12CC(C(=O)N3CC(CCl)c4c3cc(OP(=O)(O)O)c3[nH]cc(C)c43)(C1)C2. The number of imide groups is 1. The smallest absolute Gasteiger partial charge is 0.445 e. The van der Waals surface area contributed by atoms with Crippen molar-refractivity contribution in [2.75, 3.05) is 173 Å². The summed E-state index contributed by atoms with van der Waals surface area (Å²) in [6, 6.07) is 10.6. The Balaban J connectivity index is 0.582. The van der Waals surface area contributed by atoms with Gasteiger partial charge in [0.2, 0.25) is 17.7 Å². The number of likely N-dealkylation sites (N-methyl/N-ethyl adjacent to an activating group) is 2. The predicted molar refractivity (Wildman–Crippen MR) is 381 cm³/mol. The molecule has 5 aromatic rings. The van der Waals surface area contributed by atoms with Crippen LogP contribution >= 0.6 is 31.0 Å². The van der Waals surface area contributed by atoms with Crippen LogP contribution in [0.3, 0.4) is 0 Å². The van der Waals surface area contributed by atoms with Gasteiger partial charge in [-0.15, -0.1) is 23.2 Å². The van der Waals surface area contributed by atoms with Crippen molar-refractivity contribution in [1.29, 1.82) is 0 Å². The quantitative estimate of drug-likeness (QED) is 0.00880. The van der Waals surface area contributed by atoms with Crippen LogP contribution in [-0.2, 0) is 68.3 Å². The molecule has 6 aliphatic rings. The van der Waals surface area contributed by atoms with Crippen molar-refractivity contribution in [3.8, 4) is 11.5 Å². The Morgan fingerprint density at radius 1 is 0.667 bits per heavy atom. The van der Waals surface area contributed by atoms with Crippen LogP contribution in [0.5, 0.6) is 11.5 Å². The van der Waals surface area contributed by atoms with Crippen molar-refractivity contribution in [3.63, 3.8) is 0 Å². The van der Waals surface area contributed by atoms with E-state index in [0.29, 0.717) is 133 Å². The number of nitrogens with zero attached hydrogens (tertiary/aromatic N) is 5. The minimum atomic E-state index is -4.98. The summed E-state index contributed by atoms with van der Waals surface area (Å²) in [5.74, 6) is -0.870. The van der Waals surface area contributed by atoms with Crippen LogP contribution in [0.25, 0.3) is 21.8 Å². The van der Waals surface area contributed by atoms with Gasteiger partial charge in [0.25, 0.3) is 11.8 Å². The van der Waals surface area contributed by atoms with Gasteiger partial charge in [0.1, 0.15) is 6.61 Å². The molecule has 3 fully saturated rings. The van der Waals surface area contributed by atoms with E-state index in [4.69, 9.17) is 65.6 Å². The van der Waals surface area contributed by atoms with Crippen molar-refractivity contribution in [1.82, 2.24) is 35.3 Å². The molecular formula is C70H93Cl2N10O19P. The molecule has 102 heavy (non-hydrogen) atoms. The number of aromatic amines is 2. The molecule has 3 aliphatic carbocycles. The molecule has 5 heterocycles. The fourth-order valence-electron chi connectivity index (χ4n) is 13.8. The number of ether oxygens (including phenoxy) is 8. The van der Waals surface area contributed by atoms with E-state index in [0.717, 1.165) is 43.8 Å². The van der Waals surface area contributed by atoms with Crippen molar-refractivity contribution in [2.45, 2.75) is 77.9 Å². The Morgan fingerprint density at radius 3 is 1.63 bits per heavy atom. The molecular weight excluding hydrogens is 1390 g/mol. The van der Waals surface area contributed by atoms with E-state index >= 15 is 0 Å². The lowest BCUT2D eigenvalue weighted by Crippen LogP contribution is -2.73. The first kappa shape index (κ1) is 77.2. The molecule has 3 aromatic carbocycles. The van der Waals surface area contributed by atoms with Gasteiger partial charge >= 0.3 is 20.0 Å². The summed E-state index contributed by atoms with van der Waals surface area (Å²) in [5.41, 5.74) is 5.33. The highest BCUT2D eigenvalue weighted by Crippen LogP contribution is 2.75. The summed E-state index contributed by atoms with van der Waals surface area (Å²) in [5, 5.41) is 11.4. The number of anilines is 3. The maximum absolute atomic E-state index is 14.9. The molecule has 3 saturated carbocycles. The van der Waals surface area contributed by atoms with E-state index in [9.17, 15) is 47.9 Å². The number of carbonyl (C=O) groups is 7. The van der Waals surface area contributed by atoms with Gasteiger partial charge in [0.15, 0.2) is 11.5 Å². The molecule has 11 rings (SSSR count). The number of hydrogen-bond acceptors (Lipinski definition) is 19. The van der Waals surface area contributed by atoms with E-state index < -0.39 is 30.8 Å². The Labute approximate surface area is 601 Å². The molecule has 29 nitrogen and oxygen atoms in total. The maximum Gasteiger partial charge on any atom is 0.524 e. The van der Waals surface area contributed by atoms with Crippen molar-refractivity contribution in [3.05, 3.63) is 88.8 Å². The van der Waals surface area contributed by atoms with Crippen molar-refractivity contribution >= 4 is 112 Å². The van der Waals surface area contributed by atoms with Gasteiger partial charge in [0, 0.05) is 149 Å². The average molecular weight is 1480 g/mol. The zero-order chi connectivity index (χ0) is 72.9. The third-order valence-corrected chi connectivity index (χ3v) is 20.4. The summed E-state index contributed by atoms with van der Waals surface area (Å²) in [7, 11) is -1.84. The van der Waals surface area contributed by atoms with Gasteiger partial charge in [-0.2, -0.15) is 0 Å². The average Bonchev–Trinajstić information content (AvgIpc) is 0.919. The van der Waals surface area contributed by atoms with Crippen LogP contribution in [0.1, 0.15) is 79.2 Å². The first-order valence-corrected chi connectivity index (χ1v) is 37.0. The standard InChI is InChI=1S/C70H93Cl2N10O19P/c1-44(2)51(77-56(83)13-19-93-21-23-95-25-27-97-29-30-98-28-26-96-24-22-94-20-18-80-57(84)11-12-58(80)85)37-73-14-15-74-50-9-7-47(8-10-50)40-99-67(88)78(5)16-17-79(6)68(89)100-54-31-52-61(59-45(3)35-75-63(54)59)48(33-71)38-81(52)65(86)69-41-70(42-69,43-69)66(87)82-39-49(34-72)62-53(82)32-55(101-102(90,91)92)64-60(62)46(4)36-76-64/h7-12,31-32,35-36,44,48-49,51,73-76H,13-30,33-34,37-43H2,1-6H3,(H,77,83)(H2,90,91,92). The number of H-pyrrole nitrogens is 2. The number of rotatable bonds is 41. The second kappa shape index (κ2) is 34.9. The summed E-state index contributed by atoms with van der Waals surface area (Å²) >= 11 is 13.2. The number of aromatic nitrogens is 2. The minimum absolute atomic E-state index is 0.0228. The van der Waals surface area contributed by atoms with Crippen LogP contribution in [0.2, 0.25) is 0 Å². The lowest BCUT2D eigenvalue weighted by molar-refractivity contribution is -0.205. The molecule has 0 spiro atoms. The zero-order valence-electron chi connectivity index (χ0n) is 58.4. The molecule has 0 radical (unpaired) electrons. The molecule has 556 valence electrons. The van der Waals surface area contributed by atoms with Crippen molar-refractivity contribution in [2.24, 2.45) is 16.7 Å². The number of benzene rings is 3. The highest BCUT2D eigenvalue weighted by Gasteiger charge is 2.76. The number of carbonyl (C=O) groups excluding carboxylic acids is 7. The molecule has 3 atom stereocenters. The fourth-order valence-corrected chi connectivity index (χ4v) is 14.7. The fraction of sp³-hybridized carbons (Fsp3) is 0.557. The molecule has 7 amide bonds. The third kappa shape index (κ3) is 18.4. The summed E-state index contributed by atoms with van der Waals surface area (Å²) in [6.45, 7) is 15.1. The van der Waals surface area contributed by atoms with Crippen LogP contribution in [-0.4, -0.2) is 240 Å². The van der Waals surface area contributed by atoms with Crippen LogP contribution < -0.4 is 35.0 Å². The van der Waals surface area contributed by atoms with E-state index in [2.05, 4.69) is 39.8 Å². The lowest BCUT2D eigenvalue weighted by Gasteiger charge is -2.69. The van der Waals surface area contributed by atoms with Gasteiger partial charge in [-0.25, -0.2) is 14.2 Å². The number of fused-ring (bicyclic) bond motifs is 6. The molecule has 7 N–H and O–H groups in total. The summed E-state index contributed by atoms with van der Waals surface area (Å²) in [6.07, 6.45) is 5.87. The highest BCUT2D eigenvalue weighted by molar-refractivity contribution is 7.46. The Hall–Kier alpha value is -7.38. The van der Waals surface area contributed by atoms with Gasteiger partial charge in [0.05, 0.1) is 119 Å². The first-order chi connectivity index (χ1) is 48.9. The van der Waals surface area contributed by atoms with E-state index in [-0.39, 0.29) is 136 Å². The normalized spacial score (nSPS) is 19.1. The van der Waals surface area contributed by atoms with Crippen molar-refractivity contribution < 1.29 is 90.3 Å². The third-order valence-electron chi connectivity index (χ3n) is 19.2. The Bertz CT molecular complexity index is 3860. The molecule has 2 aromatic heterocycles. The number of phosphoric acid groups is 1. The predicted octanol–water partition coefficient (Wildman–Crippen LogP) is 7.20. The number of aryl methyl sites for hydroxylation is 2. The number of nitrogens with one attached hydrogen (secondary N) is 5. The van der Waals surface area contributed by atoms with Crippen LogP contribution in [0, 0.1) is 30.6 Å². The molecule has 32 heteroatoms. The van der Waals surface area contributed by atoms with E-state index in [1.54, 1.807) is 36.2 Å². The number of alkyl halides is 2. The second-order valence-electron chi connectivity index (χ2n) is 26.9. The minimum Gasteiger partial charge on any atom is -0.445 e. The maximum atomic E-state index is 14.9. The van der Waals surface area contributed by atoms with Gasteiger partial charge in [-0.3, -0.25) is 38.7 Å². The molecule has 3 unspecified atom stereocenters. The summed E-state index contributed by atoms with van der Waals surface area (Å²) < 4.78 is 62.0. The van der Waals surface area contributed by atoms with Gasteiger partial charge in [-0.1, -0.05) is 26.0 Å². The second-order valence-corrected chi connectivity index (χ2v) is 28.6. The first-order valence-electron chi connectivity index (χ1n) is 34.4. The lowest BCUT2D eigenvalue weighted by atomic mass is 9.34. The van der Waals surface area contributed by atoms with Crippen LogP contribution in [0.4, 0.5) is 26.7 Å². The number of amides is 7. The number of hydrogen-bond donors (Lipinski definition) is 7. The number of halogens is 2. The molecule has 2 bridgehead atoms. The zero-order valence-corrected chi connectivity index (χ0v) is 60.9. The number of phosphoric ester groups is 1. The summed E-state index contributed by atoms with van der Waals surface area (Å²) in [4.78, 5) is 126. The highest BCUT2D eigenvalue weighted by atomic mass is 35.5. The van der Waals surface area contributed by atoms with Gasteiger partial charge < -0.3 is 87.9 Å². The molecule has 3 aliphatic heterocycles.